The Bertz CT molecular complexity index is 443. The maximum atomic E-state index is 12.4. The molecule has 2 saturated heterocycles. The Morgan fingerprint density at radius 2 is 1.85 bits per heavy atom. The lowest BCUT2D eigenvalue weighted by atomic mass is 9.78. The minimum atomic E-state index is 0. The first-order valence-electron chi connectivity index (χ1n) is 7.30. The molecule has 2 fully saturated rings. The van der Waals surface area contributed by atoms with Crippen molar-refractivity contribution in [3.8, 4) is 0 Å². The molecule has 1 spiro atoms. The maximum Gasteiger partial charge on any atom is 0.227 e. The van der Waals surface area contributed by atoms with Crippen LogP contribution in [0.25, 0.3) is 0 Å². The molecule has 1 aromatic rings. The van der Waals surface area contributed by atoms with Gasteiger partial charge in [0.25, 0.3) is 0 Å². The second kappa shape index (κ2) is 6.59. The van der Waals surface area contributed by atoms with Crippen LogP contribution in [-0.2, 0) is 11.2 Å². The van der Waals surface area contributed by atoms with Crippen molar-refractivity contribution in [3.05, 3.63) is 35.9 Å². The van der Waals surface area contributed by atoms with Gasteiger partial charge in [0.2, 0.25) is 5.91 Å². The molecule has 1 N–H and O–H groups in total. The highest BCUT2D eigenvalue weighted by Gasteiger charge is 2.40. The fourth-order valence-corrected chi connectivity index (χ4v) is 3.40. The van der Waals surface area contributed by atoms with E-state index in [-0.39, 0.29) is 12.4 Å². The first kappa shape index (κ1) is 15.3. The van der Waals surface area contributed by atoms with Crippen molar-refractivity contribution in [2.45, 2.75) is 25.7 Å². The number of benzene rings is 1. The number of hydrogen-bond acceptors (Lipinski definition) is 2. The zero-order valence-corrected chi connectivity index (χ0v) is 12.6. The van der Waals surface area contributed by atoms with E-state index in [9.17, 15) is 4.79 Å². The molecule has 0 aliphatic carbocycles. The second-order valence-corrected chi connectivity index (χ2v) is 5.98. The largest absolute Gasteiger partial charge is 0.342 e. The van der Waals surface area contributed by atoms with Gasteiger partial charge in [-0.05, 0) is 43.3 Å². The molecule has 0 unspecified atom stereocenters. The summed E-state index contributed by atoms with van der Waals surface area (Å²) in [5, 5.41) is 3.42. The fraction of sp³-hybridized carbons (Fsp3) is 0.562. The number of amides is 1. The number of halogens is 1. The molecule has 1 aromatic carbocycles. The fourth-order valence-electron chi connectivity index (χ4n) is 3.40. The summed E-state index contributed by atoms with van der Waals surface area (Å²) >= 11 is 0. The van der Waals surface area contributed by atoms with Crippen LogP contribution in [0.15, 0.2) is 30.3 Å². The molecule has 4 heteroatoms. The standard InChI is InChI=1S/C16H22N2O.ClH/c19-15(12-14-4-2-1-3-5-14)18-11-8-16(13-18)6-9-17-10-7-16;/h1-5,17H,6-13H2;1H. The molecule has 0 atom stereocenters. The van der Waals surface area contributed by atoms with Crippen LogP contribution in [0, 0.1) is 5.41 Å². The van der Waals surface area contributed by atoms with E-state index in [1.54, 1.807) is 0 Å². The lowest BCUT2D eigenvalue weighted by molar-refractivity contribution is -0.129. The molecule has 110 valence electrons. The number of nitrogens with one attached hydrogen (secondary N) is 1. The van der Waals surface area contributed by atoms with Crippen molar-refractivity contribution >= 4 is 18.3 Å². The van der Waals surface area contributed by atoms with Crippen LogP contribution in [0.2, 0.25) is 0 Å². The number of piperidine rings is 1. The predicted molar refractivity (Wildman–Crippen MR) is 83.1 cm³/mol. The minimum absolute atomic E-state index is 0. The van der Waals surface area contributed by atoms with E-state index >= 15 is 0 Å². The molecule has 20 heavy (non-hydrogen) atoms. The third-order valence-corrected chi connectivity index (χ3v) is 4.65. The third kappa shape index (κ3) is 3.33. The number of hydrogen-bond donors (Lipinski definition) is 1. The van der Waals surface area contributed by atoms with Crippen LogP contribution in [-0.4, -0.2) is 37.0 Å². The lowest BCUT2D eigenvalue weighted by Crippen LogP contribution is -2.40. The maximum absolute atomic E-state index is 12.4. The SMILES string of the molecule is Cl.O=C(Cc1ccccc1)N1CCC2(CCNCC2)C1. The van der Waals surface area contributed by atoms with Crippen LogP contribution in [0.1, 0.15) is 24.8 Å². The summed E-state index contributed by atoms with van der Waals surface area (Å²) in [6, 6.07) is 10.1. The number of carbonyl (C=O) groups is 1. The normalized spacial score (nSPS) is 20.7. The van der Waals surface area contributed by atoms with Gasteiger partial charge in [0.05, 0.1) is 6.42 Å². The predicted octanol–water partition coefficient (Wildman–Crippen LogP) is 2.25. The van der Waals surface area contributed by atoms with Crippen molar-refractivity contribution in [3.63, 3.8) is 0 Å². The summed E-state index contributed by atoms with van der Waals surface area (Å²) in [5.41, 5.74) is 1.54. The van der Waals surface area contributed by atoms with Crippen LogP contribution in [0.4, 0.5) is 0 Å². The molecule has 2 aliphatic heterocycles. The molecule has 0 aromatic heterocycles. The zero-order valence-electron chi connectivity index (χ0n) is 11.8. The average Bonchev–Trinajstić information content (AvgIpc) is 2.85. The number of likely N-dealkylation sites (tertiary alicyclic amines) is 1. The van der Waals surface area contributed by atoms with E-state index < -0.39 is 0 Å². The molecular formula is C16H23ClN2O. The van der Waals surface area contributed by atoms with Crippen LogP contribution in [0.5, 0.6) is 0 Å². The highest BCUT2D eigenvalue weighted by atomic mass is 35.5. The summed E-state index contributed by atoms with van der Waals surface area (Å²) < 4.78 is 0. The Kier molecular flexibility index (Phi) is 5.06. The van der Waals surface area contributed by atoms with E-state index in [0.717, 1.165) is 31.7 Å². The highest BCUT2D eigenvalue weighted by Crippen LogP contribution is 2.38. The Morgan fingerprint density at radius 1 is 1.15 bits per heavy atom. The van der Waals surface area contributed by atoms with Gasteiger partial charge in [0.1, 0.15) is 0 Å². The molecule has 1 amide bonds. The number of rotatable bonds is 2. The molecule has 2 heterocycles. The van der Waals surface area contributed by atoms with E-state index in [0.29, 0.717) is 17.7 Å². The lowest BCUT2D eigenvalue weighted by Gasteiger charge is -2.33. The first-order chi connectivity index (χ1) is 9.27. The van der Waals surface area contributed by atoms with Gasteiger partial charge in [-0.2, -0.15) is 0 Å². The van der Waals surface area contributed by atoms with Gasteiger partial charge in [0, 0.05) is 13.1 Å². The zero-order chi connectivity index (χ0) is 13.1. The van der Waals surface area contributed by atoms with Crippen molar-refractivity contribution in [1.82, 2.24) is 10.2 Å². The Morgan fingerprint density at radius 3 is 2.55 bits per heavy atom. The van der Waals surface area contributed by atoms with Gasteiger partial charge in [-0.15, -0.1) is 12.4 Å². The van der Waals surface area contributed by atoms with Crippen molar-refractivity contribution in [2.24, 2.45) is 5.41 Å². The summed E-state index contributed by atoms with van der Waals surface area (Å²) in [6.45, 7) is 4.15. The van der Waals surface area contributed by atoms with Crippen LogP contribution < -0.4 is 5.32 Å². The van der Waals surface area contributed by atoms with E-state index in [1.807, 2.05) is 30.3 Å². The summed E-state index contributed by atoms with van der Waals surface area (Å²) in [4.78, 5) is 14.4. The van der Waals surface area contributed by atoms with Gasteiger partial charge in [-0.3, -0.25) is 4.79 Å². The first-order valence-corrected chi connectivity index (χ1v) is 7.30. The summed E-state index contributed by atoms with van der Waals surface area (Å²) in [7, 11) is 0. The van der Waals surface area contributed by atoms with Gasteiger partial charge in [-0.25, -0.2) is 0 Å². The van der Waals surface area contributed by atoms with Gasteiger partial charge >= 0.3 is 0 Å². The molecule has 2 aliphatic rings. The summed E-state index contributed by atoms with van der Waals surface area (Å²) in [6.07, 6.45) is 4.19. The van der Waals surface area contributed by atoms with E-state index in [4.69, 9.17) is 0 Å². The molecule has 0 bridgehead atoms. The Labute approximate surface area is 127 Å². The second-order valence-electron chi connectivity index (χ2n) is 5.98. The Hall–Kier alpha value is -1.06. The van der Waals surface area contributed by atoms with Gasteiger partial charge < -0.3 is 10.2 Å². The smallest absolute Gasteiger partial charge is 0.227 e. The number of nitrogens with zero attached hydrogens (tertiary/aromatic N) is 1. The topological polar surface area (TPSA) is 32.3 Å². The van der Waals surface area contributed by atoms with Gasteiger partial charge in [-0.1, -0.05) is 30.3 Å². The quantitative estimate of drug-likeness (QED) is 0.907. The van der Waals surface area contributed by atoms with Gasteiger partial charge in [0.15, 0.2) is 0 Å². The van der Waals surface area contributed by atoms with Crippen molar-refractivity contribution in [2.75, 3.05) is 26.2 Å². The molecule has 3 nitrogen and oxygen atoms in total. The molecule has 3 rings (SSSR count). The Balaban J connectivity index is 0.00000147. The van der Waals surface area contributed by atoms with Crippen molar-refractivity contribution < 1.29 is 4.79 Å². The van der Waals surface area contributed by atoms with Crippen molar-refractivity contribution in [1.29, 1.82) is 0 Å². The number of carbonyl (C=O) groups excluding carboxylic acids is 1. The average molecular weight is 295 g/mol. The molecule has 0 radical (unpaired) electrons. The van der Waals surface area contributed by atoms with Crippen LogP contribution >= 0.6 is 12.4 Å². The summed E-state index contributed by atoms with van der Waals surface area (Å²) in [5.74, 6) is 0.293. The third-order valence-electron chi connectivity index (χ3n) is 4.65. The molecular weight excluding hydrogens is 272 g/mol. The minimum Gasteiger partial charge on any atom is -0.342 e. The monoisotopic (exact) mass is 294 g/mol. The van der Waals surface area contributed by atoms with E-state index in [2.05, 4.69) is 10.2 Å². The molecule has 0 saturated carbocycles. The highest BCUT2D eigenvalue weighted by molar-refractivity contribution is 5.85. The van der Waals surface area contributed by atoms with E-state index in [1.165, 1.54) is 19.3 Å². The van der Waals surface area contributed by atoms with Crippen LogP contribution in [0.3, 0.4) is 0 Å².